The molecule has 1 aromatic carbocycles. The molecule has 2 heteroatoms. The topological polar surface area (TPSA) is 29.1 Å². The van der Waals surface area contributed by atoms with Crippen LogP contribution in [0.15, 0.2) is 24.3 Å². The number of benzene rings is 1. The number of rotatable bonds is 6. The molecule has 0 unspecified atom stereocenters. The van der Waals surface area contributed by atoms with Gasteiger partial charge in [0.2, 0.25) is 0 Å². The third-order valence-electron chi connectivity index (χ3n) is 3.18. The van der Waals surface area contributed by atoms with Crippen molar-refractivity contribution in [3.63, 3.8) is 0 Å². The summed E-state index contributed by atoms with van der Waals surface area (Å²) >= 11 is 0. The monoisotopic (exact) mass is 261 g/mol. The Morgan fingerprint density at radius 3 is 2.21 bits per heavy atom. The van der Waals surface area contributed by atoms with Crippen LogP contribution >= 0.6 is 0 Å². The van der Waals surface area contributed by atoms with Crippen molar-refractivity contribution in [1.29, 1.82) is 0 Å². The molecule has 0 bridgehead atoms. The predicted molar refractivity (Wildman–Crippen MR) is 81.6 cm³/mol. The minimum atomic E-state index is 0.170. The Bertz CT molecular complexity index is 398. The lowest BCUT2D eigenvalue weighted by molar-refractivity contribution is -0.118. The molecule has 0 aliphatic rings. The van der Waals surface area contributed by atoms with Crippen molar-refractivity contribution < 1.29 is 4.79 Å². The van der Waals surface area contributed by atoms with E-state index in [1.54, 1.807) is 0 Å². The molecule has 1 rings (SSSR count). The van der Waals surface area contributed by atoms with E-state index in [1.165, 1.54) is 5.56 Å². The molecule has 106 valence electrons. The number of hydrogen-bond donors (Lipinski definition) is 1. The van der Waals surface area contributed by atoms with Crippen LogP contribution in [0.1, 0.15) is 52.2 Å². The van der Waals surface area contributed by atoms with E-state index in [-0.39, 0.29) is 5.41 Å². The summed E-state index contributed by atoms with van der Waals surface area (Å²) in [6, 6.07) is 8.87. The SMILES string of the molecule is CC(C)NCCC(=O)Cc1ccc(C(C)(C)C)cc1. The Kier molecular flexibility index (Phi) is 5.74. The minimum Gasteiger partial charge on any atom is -0.314 e. The van der Waals surface area contributed by atoms with Gasteiger partial charge in [-0.05, 0) is 16.5 Å². The molecule has 0 atom stereocenters. The molecule has 0 aromatic heterocycles. The van der Waals surface area contributed by atoms with Crippen molar-refractivity contribution in [3.8, 4) is 0 Å². The van der Waals surface area contributed by atoms with Crippen molar-refractivity contribution in [2.24, 2.45) is 0 Å². The largest absolute Gasteiger partial charge is 0.314 e. The zero-order valence-corrected chi connectivity index (χ0v) is 12.9. The van der Waals surface area contributed by atoms with Crippen LogP contribution in [-0.2, 0) is 16.6 Å². The van der Waals surface area contributed by atoms with Crippen molar-refractivity contribution in [2.75, 3.05) is 6.54 Å². The summed E-state index contributed by atoms with van der Waals surface area (Å²) in [7, 11) is 0. The highest BCUT2D eigenvalue weighted by Crippen LogP contribution is 2.22. The van der Waals surface area contributed by atoms with Gasteiger partial charge in [0.15, 0.2) is 0 Å². The highest BCUT2D eigenvalue weighted by molar-refractivity contribution is 5.81. The standard InChI is InChI=1S/C17H27NO/c1-13(2)18-11-10-16(19)12-14-6-8-15(9-7-14)17(3,4)5/h6-9,13,18H,10-12H2,1-5H3. The Hall–Kier alpha value is -1.15. The van der Waals surface area contributed by atoms with E-state index >= 15 is 0 Å². The van der Waals surface area contributed by atoms with Gasteiger partial charge in [-0.2, -0.15) is 0 Å². The zero-order chi connectivity index (χ0) is 14.5. The molecule has 0 amide bonds. The van der Waals surface area contributed by atoms with Gasteiger partial charge >= 0.3 is 0 Å². The molecule has 0 heterocycles. The van der Waals surface area contributed by atoms with Crippen molar-refractivity contribution >= 4 is 5.78 Å². The smallest absolute Gasteiger partial charge is 0.138 e. The van der Waals surface area contributed by atoms with Crippen LogP contribution < -0.4 is 5.32 Å². The van der Waals surface area contributed by atoms with Gasteiger partial charge in [0.05, 0.1) is 0 Å². The van der Waals surface area contributed by atoms with Gasteiger partial charge in [-0.25, -0.2) is 0 Å². The number of ketones is 1. The summed E-state index contributed by atoms with van der Waals surface area (Å²) in [5, 5.41) is 3.27. The molecular weight excluding hydrogens is 234 g/mol. The number of carbonyl (C=O) groups is 1. The number of hydrogen-bond acceptors (Lipinski definition) is 2. The van der Waals surface area contributed by atoms with Crippen LogP contribution in [0.2, 0.25) is 0 Å². The molecular formula is C17H27NO. The van der Waals surface area contributed by atoms with Crippen molar-refractivity contribution in [3.05, 3.63) is 35.4 Å². The van der Waals surface area contributed by atoms with Crippen LogP contribution in [0.25, 0.3) is 0 Å². The van der Waals surface area contributed by atoms with Crippen LogP contribution in [0.3, 0.4) is 0 Å². The van der Waals surface area contributed by atoms with E-state index in [0.29, 0.717) is 24.7 Å². The lowest BCUT2D eigenvalue weighted by Gasteiger charge is -2.19. The van der Waals surface area contributed by atoms with Crippen LogP contribution in [0.5, 0.6) is 0 Å². The minimum absolute atomic E-state index is 0.170. The van der Waals surface area contributed by atoms with E-state index in [0.717, 1.165) is 12.1 Å². The molecule has 0 saturated carbocycles. The Balaban J connectivity index is 2.47. The Morgan fingerprint density at radius 2 is 1.74 bits per heavy atom. The van der Waals surface area contributed by atoms with E-state index in [1.807, 2.05) is 0 Å². The molecule has 0 spiro atoms. The first kappa shape index (κ1) is 15.9. The van der Waals surface area contributed by atoms with Crippen molar-refractivity contribution in [1.82, 2.24) is 5.32 Å². The first-order valence-corrected chi connectivity index (χ1v) is 7.13. The summed E-state index contributed by atoms with van der Waals surface area (Å²) in [6.45, 7) is 11.6. The van der Waals surface area contributed by atoms with Crippen LogP contribution in [0.4, 0.5) is 0 Å². The van der Waals surface area contributed by atoms with Crippen LogP contribution in [-0.4, -0.2) is 18.4 Å². The molecule has 0 fully saturated rings. The highest BCUT2D eigenvalue weighted by atomic mass is 16.1. The maximum atomic E-state index is 11.8. The molecule has 1 N–H and O–H groups in total. The Morgan fingerprint density at radius 1 is 1.16 bits per heavy atom. The lowest BCUT2D eigenvalue weighted by Crippen LogP contribution is -2.25. The summed E-state index contributed by atoms with van der Waals surface area (Å²) < 4.78 is 0. The fourth-order valence-electron chi connectivity index (χ4n) is 1.94. The summed E-state index contributed by atoms with van der Waals surface area (Å²) in [5.41, 5.74) is 2.59. The molecule has 0 saturated heterocycles. The average Bonchev–Trinajstić information content (AvgIpc) is 2.27. The van der Waals surface area contributed by atoms with E-state index in [2.05, 4.69) is 64.2 Å². The second-order valence-electron chi connectivity index (χ2n) is 6.52. The summed E-state index contributed by atoms with van der Waals surface area (Å²) in [6.07, 6.45) is 1.16. The van der Waals surface area contributed by atoms with Gasteiger partial charge in [0, 0.05) is 25.4 Å². The van der Waals surface area contributed by atoms with Gasteiger partial charge in [0.1, 0.15) is 5.78 Å². The molecule has 19 heavy (non-hydrogen) atoms. The third-order valence-corrected chi connectivity index (χ3v) is 3.18. The predicted octanol–water partition coefficient (Wildman–Crippen LogP) is 3.48. The normalized spacial score (nSPS) is 11.9. The van der Waals surface area contributed by atoms with E-state index < -0.39 is 0 Å². The fourth-order valence-corrected chi connectivity index (χ4v) is 1.94. The van der Waals surface area contributed by atoms with E-state index in [4.69, 9.17) is 0 Å². The molecule has 0 radical (unpaired) electrons. The van der Waals surface area contributed by atoms with Crippen LogP contribution in [0, 0.1) is 0 Å². The molecule has 2 nitrogen and oxygen atoms in total. The fraction of sp³-hybridized carbons (Fsp3) is 0.588. The second kappa shape index (κ2) is 6.85. The number of nitrogens with one attached hydrogen (secondary N) is 1. The lowest BCUT2D eigenvalue weighted by atomic mass is 9.86. The number of carbonyl (C=O) groups excluding carboxylic acids is 1. The van der Waals surface area contributed by atoms with Gasteiger partial charge in [-0.3, -0.25) is 4.79 Å². The number of Topliss-reactive ketones (excluding diaryl/α,β-unsaturated/α-hetero) is 1. The second-order valence-corrected chi connectivity index (χ2v) is 6.52. The zero-order valence-electron chi connectivity index (χ0n) is 12.9. The Labute approximate surface area is 117 Å². The molecule has 0 aliphatic heterocycles. The molecule has 0 aliphatic carbocycles. The van der Waals surface area contributed by atoms with Gasteiger partial charge < -0.3 is 5.32 Å². The van der Waals surface area contributed by atoms with E-state index in [9.17, 15) is 4.79 Å². The maximum Gasteiger partial charge on any atom is 0.138 e. The average molecular weight is 261 g/mol. The third kappa shape index (κ3) is 6.02. The first-order valence-electron chi connectivity index (χ1n) is 7.13. The summed E-state index contributed by atoms with van der Waals surface area (Å²) in [5.74, 6) is 0.302. The quantitative estimate of drug-likeness (QED) is 0.849. The molecule has 1 aromatic rings. The van der Waals surface area contributed by atoms with Gasteiger partial charge in [-0.15, -0.1) is 0 Å². The van der Waals surface area contributed by atoms with Gasteiger partial charge in [-0.1, -0.05) is 58.9 Å². The summed E-state index contributed by atoms with van der Waals surface area (Å²) in [4.78, 5) is 11.8. The van der Waals surface area contributed by atoms with Crippen molar-refractivity contribution in [2.45, 2.75) is 58.9 Å². The first-order chi connectivity index (χ1) is 8.79. The highest BCUT2D eigenvalue weighted by Gasteiger charge is 2.13. The maximum absolute atomic E-state index is 11.8. The van der Waals surface area contributed by atoms with Gasteiger partial charge in [0.25, 0.3) is 0 Å².